The maximum Gasteiger partial charge on any atom is 0.161 e. The summed E-state index contributed by atoms with van der Waals surface area (Å²) in [6.45, 7) is 1.25. The quantitative estimate of drug-likeness (QED) is 0.864. The molecular weight excluding hydrogens is 330 g/mol. The van der Waals surface area contributed by atoms with Gasteiger partial charge in [-0.1, -0.05) is 30.3 Å². The SMILES string of the molecule is O[C@@H]1C[C@H](NC[C@H]2COc3ccccc3O2)CC[C@H]1Oc1ccccc1. The van der Waals surface area contributed by atoms with Gasteiger partial charge in [-0.15, -0.1) is 0 Å². The van der Waals surface area contributed by atoms with Crippen LogP contribution in [0.5, 0.6) is 17.2 Å². The number of aliphatic hydroxyl groups is 1. The van der Waals surface area contributed by atoms with Gasteiger partial charge >= 0.3 is 0 Å². The van der Waals surface area contributed by atoms with Crippen molar-refractivity contribution in [3.8, 4) is 17.2 Å². The lowest BCUT2D eigenvalue weighted by Crippen LogP contribution is -2.48. The highest BCUT2D eigenvalue weighted by molar-refractivity contribution is 5.40. The number of ether oxygens (including phenoxy) is 3. The minimum absolute atomic E-state index is 0.0136. The molecule has 0 bridgehead atoms. The molecule has 4 rings (SSSR count). The van der Waals surface area contributed by atoms with E-state index in [4.69, 9.17) is 14.2 Å². The van der Waals surface area contributed by atoms with Crippen LogP contribution in [0.4, 0.5) is 0 Å². The molecular formula is C21H25NO4. The monoisotopic (exact) mass is 355 g/mol. The predicted octanol–water partition coefficient (Wildman–Crippen LogP) is 2.78. The molecule has 4 atom stereocenters. The zero-order valence-electron chi connectivity index (χ0n) is 14.7. The Kier molecular flexibility index (Phi) is 5.27. The number of hydrogen-bond donors (Lipinski definition) is 2. The fourth-order valence-corrected chi connectivity index (χ4v) is 3.58. The molecule has 0 aromatic heterocycles. The first-order valence-corrected chi connectivity index (χ1v) is 9.29. The van der Waals surface area contributed by atoms with Gasteiger partial charge in [0.15, 0.2) is 11.5 Å². The lowest BCUT2D eigenvalue weighted by Gasteiger charge is -2.35. The normalized spacial score (nSPS) is 27.7. The number of para-hydroxylation sites is 3. The van der Waals surface area contributed by atoms with Gasteiger partial charge in [0.05, 0.1) is 6.10 Å². The van der Waals surface area contributed by atoms with E-state index in [0.29, 0.717) is 19.6 Å². The molecule has 5 heteroatoms. The van der Waals surface area contributed by atoms with E-state index in [9.17, 15) is 5.11 Å². The van der Waals surface area contributed by atoms with Gasteiger partial charge < -0.3 is 24.6 Å². The summed E-state index contributed by atoms with van der Waals surface area (Å²) in [7, 11) is 0. The highest BCUT2D eigenvalue weighted by Gasteiger charge is 2.31. The predicted molar refractivity (Wildman–Crippen MR) is 98.9 cm³/mol. The third-order valence-corrected chi connectivity index (χ3v) is 4.99. The number of hydrogen-bond acceptors (Lipinski definition) is 5. The van der Waals surface area contributed by atoms with E-state index < -0.39 is 6.10 Å². The Hall–Kier alpha value is -2.24. The van der Waals surface area contributed by atoms with Crippen LogP contribution in [-0.2, 0) is 0 Å². The topological polar surface area (TPSA) is 60.0 Å². The van der Waals surface area contributed by atoms with Gasteiger partial charge in [-0.25, -0.2) is 0 Å². The molecule has 1 fully saturated rings. The first-order chi connectivity index (χ1) is 12.8. The van der Waals surface area contributed by atoms with Crippen molar-refractivity contribution < 1.29 is 19.3 Å². The van der Waals surface area contributed by atoms with Crippen LogP contribution < -0.4 is 19.5 Å². The van der Waals surface area contributed by atoms with Crippen molar-refractivity contribution in [1.29, 1.82) is 0 Å². The van der Waals surface area contributed by atoms with E-state index in [2.05, 4.69) is 5.32 Å². The van der Waals surface area contributed by atoms with Crippen LogP contribution in [0.2, 0.25) is 0 Å². The van der Waals surface area contributed by atoms with Gasteiger partial charge in [-0.05, 0) is 43.5 Å². The molecule has 1 heterocycles. The summed E-state index contributed by atoms with van der Waals surface area (Å²) >= 11 is 0. The number of rotatable bonds is 5. The average Bonchev–Trinajstić information content (AvgIpc) is 2.69. The van der Waals surface area contributed by atoms with Crippen molar-refractivity contribution >= 4 is 0 Å². The van der Waals surface area contributed by atoms with E-state index in [-0.39, 0.29) is 18.2 Å². The average molecular weight is 355 g/mol. The van der Waals surface area contributed by atoms with E-state index in [0.717, 1.165) is 30.1 Å². The van der Waals surface area contributed by atoms with Gasteiger partial charge in [0, 0.05) is 12.6 Å². The summed E-state index contributed by atoms with van der Waals surface area (Å²) in [5.41, 5.74) is 0. The van der Waals surface area contributed by atoms with Crippen molar-refractivity contribution in [3.05, 3.63) is 54.6 Å². The number of fused-ring (bicyclic) bond motifs is 1. The maximum absolute atomic E-state index is 10.4. The molecule has 5 nitrogen and oxygen atoms in total. The summed E-state index contributed by atoms with van der Waals surface area (Å²) in [6.07, 6.45) is 1.86. The molecule has 2 aliphatic rings. The Bertz CT molecular complexity index is 708. The molecule has 1 saturated carbocycles. The van der Waals surface area contributed by atoms with Crippen molar-refractivity contribution in [2.75, 3.05) is 13.2 Å². The van der Waals surface area contributed by atoms with Gasteiger partial charge in [-0.2, -0.15) is 0 Å². The third kappa shape index (κ3) is 4.11. The molecule has 138 valence electrons. The van der Waals surface area contributed by atoms with E-state index in [1.165, 1.54) is 0 Å². The molecule has 0 unspecified atom stereocenters. The molecule has 1 aliphatic heterocycles. The molecule has 1 aliphatic carbocycles. The molecule has 0 saturated heterocycles. The van der Waals surface area contributed by atoms with E-state index in [1.54, 1.807) is 0 Å². The minimum atomic E-state index is -0.467. The zero-order chi connectivity index (χ0) is 17.8. The first-order valence-electron chi connectivity index (χ1n) is 9.29. The van der Waals surface area contributed by atoms with Crippen LogP contribution in [0.3, 0.4) is 0 Å². The molecule has 26 heavy (non-hydrogen) atoms. The fourth-order valence-electron chi connectivity index (χ4n) is 3.58. The Balaban J connectivity index is 1.24. The van der Waals surface area contributed by atoms with E-state index >= 15 is 0 Å². The highest BCUT2D eigenvalue weighted by Crippen LogP contribution is 2.31. The number of aliphatic hydroxyl groups excluding tert-OH is 1. The van der Waals surface area contributed by atoms with Crippen molar-refractivity contribution in [2.24, 2.45) is 0 Å². The molecule has 0 amide bonds. The van der Waals surface area contributed by atoms with E-state index in [1.807, 2.05) is 54.6 Å². The summed E-state index contributed by atoms with van der Waals surface area (Å²) in [6, 6.07) is 17.7. The fraction of sp³-hybridized carbons (Fsp3) is 0.429. The Morgan fingerprint density at radius 1 is 1.00 bits per heavy atom. The van der Waals surface area contributed by atoms with Gasteiger partial charge in [-0.3, -0.25) is 0 Å². The van der Waals surface area contributed by atoms with Gasteiger partial charge in [0.2, 0.25) is 0 Å². The molecule has 0 radical (unpaired) electrons. The van der Waals surface area contributed by atoms with Crippen LogP contribution in [0, 0.1) is 0 Å². The zero-order valence-corrected chi connectivity index (χ0v) is 14.7. The maximum atomic E-state index is 10.4. The Labute approximate surface area is 153 Å². The molecule has 2 aromatic carbocycles. The lowest BCUT2D eigenvalue weighted by atomic mass is 9.90. The third-order valence-electron chi connectivity index (χ3n) is 4.99. The summed E-state index contributed by atoms with van der Waals surface area (Å²) in [4.78, 5) is 0. The summed E-state index contributed by atoms with van der Waals surface area (Å²) < 4.78 is 17.6. The molecule has 2 N–H and O–H groups in total. The Morgan fingerprint density at radius 2 is 1.77 bits per heavy atom. The summed E-state index contributed by atoms with van der Waals surface area (Å²) in [5.74, 6) is 2.41. The van der Waals surface area contributed by atoms with Crippen LogP contribution in [-0.4, -0.2) is 42.6 Å². The van der Waals surface area contributed by atoms with Gasteiger partial charge in [0.1, 0.15) is 24.6 Å². The van der Waals surface area contributed by atoms with Gasteiger partial charge in [0.25, 0.3) is 0 Å². The van der Waals surface area contributed by atoms with Crippen LogP contribution in [0.25, 0.3) is 0 Å². The second-order valence-corrected chi connectivity index (χ2v) is 6.95. The summed E-state index contributed by atoms with van der Waals surface area (Å²) in [5, 5.41) is 14.0. The minimum Gasteiger partial charge on any atom is -0.488 e. The Morgan fingerprint density at radius 3 is 2.58 bits per heavy atom. The highest BCUT2D eigenvalue weighted by atomic mass is 16.6. The van der Waals surface area contributed by atoms with Crippen LogP contribution in [0.1, 0.15) is 19.3 Å². The van der Waals surface area contributed by atoms with Crippen molar-refractivity contribution in [2.45, 2.75) is 43.6 Å². The standard InChI is InChI=1S/C21H25NO4/c23-18-12-15(10-11-19(18)25-16-6-2-1-3-7-16)22-13-17-14-24-20-8-4-5-9-21(20)26-17/h1-9,15,17-19,22-23H,10-14H2/t15-,17+,18-,19-/m1/s1. The lowest BCUT2D eigenvalue weighted by molar-refractivity contribution is -0.00542. The number of nitrogens with one attached hydrogen (secondary N) is 1. The number of benzene rings is 2. The van der Waals surface area contributed by atoms with Crippen LogP contribution >= 0.6 is 0 Å². The van der Waals surface area contributed by atoms with Crippen molar-refractivity contribution in [3.63, 3.8) is 0 Å². The van der Waals surface area contributed by atoms with Crippen molar-refractivity contribution in [1.82, 2.24) is 5.32 Å². The van der Waals surface area contributed by atoms with Crippen LogP contribution in [0.15, 0.2) is 54.6 Å². The molecule has 2 aromatic rings. The smallest absolute Gasteiger partial charge is 0.161 e. The second kappa shape index (κ2) is 7.98. The second-order valence-electron chi connectivity index (χ2n) is 6.95. The largest absolute Gasteiger partial charge is 0.488 e. The first kappa shape index (κ1) is 17.2. The molecule has 0 spiro atoms.